The van der Waals surface area contributed by atoms with Gasteiger partial charge in [0, 0.05) is 18.3 Å². The molecular weight excluding hydrogens is 286 g/mol. The molecule has 1 aromatic carbocycles. The van der Waals surface area contributed by atoms with Crippen molar-refractivity contribution in [2.45, 2.75) is 33.2 Å². The zero-order valence-corrected chi connectivity index (χ0v) is 13.9. The Labute approximate surface area is 133 Å². The number of anilines is 1. The summed E-state index contributed by atoms with van der Waals surface area (Å²) in [7, 11) is 0. The normalized spacial score (nSPS) is 21.9. The van der Waals surface area contributed by atoms with Crippen LogP contribution >= 0.6 is 12.4 Å². The summed E-state index contributed by atoms with van der Waals surface area (Å²) < 4.78 is 0. The molecule has 5 heteroatoms. The van der Waals surface area contributed by atoms with E-state index in [9.17, 15) is 4.79 Å². The molecule has 1 aliphatic heterocycles. The van der Waals surface area contributed by atoms with Crippen LogP contribution in [-0.2, 0) is 4.79 Å². The van der Waals surface area contributed by atoms with Crippen molar-refractivity contribution >= 4 is 24.0 Å². The molecule has 0 aromatic heterocycles. The minimum Gasteiger partial charge on any atom is -0.330 e. The maximum atomic E-state index is 12.2. The van der Waals surface area contributed by atoms with Gasteiger partial charge in [-0.3, -0.25) is 9.69 Å². The van der Waals surface area contributed by atoms with Crippen LogP contribution in [0.2, 0.25) is 0 Å². The van der Waals surface area contributed by atoms with Crippen molar-refractivity contribution in [1.82, 2.24) is 4.90 Å². The number of nitrogens with two attached hydrogens (primary N) is 1. The number of likely N-dealkylation sites (tertiary alicyclic amines) is 1. The smallest absolute Gasteiger partial charge is 0.238 e. The van der Waals surface area contributed by atoms with E-state index in [-0.39, 0.29) is 18.3 Å². The number of benzene rings is 1. The maximum Gasteiger partial charge on any atom is 0.238 e. The fraction of sp³-hybridized carbons (Fsp3) is 0.562. The zero-order chi connectivity index (χ0) is 14.7. The minimum atomic E-state index is 0. The van der Waals surface area contributed by atoms with Crippen LogP contribution < -0.4 is 11.1 Å². The van der Waals surface area contributed by atoms with Crippen LogP contribution in [0.1, 0.15) is 24.5 Å². The molecule has 0 saturated carbocycles. The monoisotopic (exact) mass is 311 g/mol. The lowest BCUT2D eigenvalue weighted by molar-refractivity contribution is -0.117. The molecule has 118 valence electrons. The van der Waals surface area contributed by atoms with E-state index in [1.54, 1.807) is 0 Å². The number of carbonyl (C=O) groups is 1. The Bertz CT molecular complexity index is 492. The van der Waals surface area contributed by atoms with Gasteiger partial charge in [-0.15, -0.1) is 12.4 Å². The Morgan fingerprint density at radius 1 is 1.43 bits per heavy atom. The fourth-order valence-electron chi connectivity index (χ4n) is 2.87. The molecule has 21 heavy (non-hydrogen) atoms. The van der Waals surface area contributed by atoms with Crippen LogP contribution in [0.5, 0.6) is 0 Å². The number of nitrogens with one attached hydrogen (secondary N) is 1. The van der Waals surface area contributed by atoms with E-state index in [2.05, 4.69) is 30.1 Å². The molecule has 4 nitrogen and oxygen atoms in total. The minimum absolute atomic E-state index is 0. The molecule has 0 bridgehead atoms. The molecule has 1 aromatic rings. The highest BCUT2D eigenvalue weighted by atomic mass is 35.5. The number of halogens is 1. The average Bonchev–Trinajstić information content (AvgIpc) is 2.76. The van der Waals surface area contributed by atoms with Crippen molar-refractivity contribution < 1.29 is 4.79 Å². The molecule has 3 N–H and O–H groups in total. The Hall–Kier alpha value is -1.10. The quantitative estimate of drug-likeness (QED) is 0.897. The summed E-state index contributed by atoms with van der Waals surface area (Å²) in [5.41, 5.74) is 8.97. The van der Waals surface area contributed by atoms with Crippen molar-refractivity contribution in [2.75, 3.05) is 25.0 Å². The van der Waals surface area contributed by atoms with Gasteiger partial charge in [0.15, 0.2) is 0 Å². The van der Waals surface area contributed by atoms with Crippen LogP contribution in [0.3, 0.4) is 0 Å². The van der Waals surface area contributed by atoms with E-state index in [1.807, 2.05) is 19.1 Å². The standard InChI is InChI=1S/C16H25N3O.ClH/c1-11-5-4-6-15(13(11)3)18-16(20)10-19-9-14(8-17)7-12(19)2;/h4-6,12,14H,7-10,17H2,1-3H3,(H,18,20);1H. The first-order valence-corrected chi connectivity index (χ1v) is 7.31. The number of aryl methyl sites for hydroxylation is 1. The van der Waals surface area contributed by atoms with Gasteiger partial charge in [0.25, 0.3) is 0 Å². The summed E-state index contributed by atoms with van der Waals surface area (Å²) in [6.07, 6.45) is 1.09. The highest BCUT2D eigenvalue weighted by Crippen LogP contribution is 2.22. The maximum absolute atomic E-state index is 12.2. The first-order chi connectivity index (χ1) is 9.51. The molecule has 0 radical (unpaired) electrons. The van der Waals surface area contributed by atoms with Crippen LogP contribution in [0.25, 0.3) is 0 Å². The summed E-state index contributed by atoms with van der Waals surface area (Å²) >= 11 is 0. The second kappa shape index (κ2) is 7.78. The van der Waals surface area contributed by atoms with Gasteiger partial charge in [-0.2, -0.15) is 0 Å². The summed E-state index contributed by atoms with van der Waals surface area (Å²) in [6, 6.07) is 6.42. The first-order valence-electron chi connectivity index (χ1n) is 7.31. The van der Waals surface area contributed by atoms with Gasteiger partial charge in [0.05, 0.1) is 6.54 Å². The molecule has 2 unspecified atom stereocenters. The molecule has 1 fully saturated rings. The molecule has 1 amide bonds. The van der Waals surface area contributed by atoms with E-state index in [0.717, 1.165) is 24.2 Å². The predicted octanol–water partition coefficient (Wildman–Crippen LogP) is 2.33. The predicted molar refractivity (Wildman–Crippen MR) is 90.0 cm³/mol. The second-order valence-corrected chi connectivity index (χ2v) is 5.91. The van der Waals surface area contributed by atoms with Gasteiger partial charge in [-0.1, -0.05) is 12.1 Å². The van der Waals surface area contributed by atoms with Gasteiger partial charge in [-0.05, 0) is 56.8 Å². The summed E-state index contributed by atoms with van der Waals surface area (Å²) in [5, 5.41) is 3.02. The lowest BCUT2D eigenvalue weighted by Crippen LogP contribution is -2.36. The van der Waals surface area contributed by atoms with E-state index in [4.69, 9.17) is 5.73 Å². The van der Waals surface area contributed by atoms with Crippen LogP contribution in [0, 0.1) is 19.8 Å². The van der Waals surface area contributed by atoms with E-state index in [1.165, 1.54) is 5.56 Å². The highest BCUT2D eigenvalue weighted by molar-refractivity contribution is 5.93. The van der Waals surface area contributed by atoms with Crippen LogP contribution in [0.4, 0.5) is 5.69 Å². The van der Waals surface area contributed by atoms with Gasteiger partial charge in [-0.25, -0.2) is 0 Å². The Morgan fingerprint density at radius 2 is 2.14 bits per heavy atom. The Balaban J connectivity index is 0.00000220. The number of rotatable bonds is 4. The third kappa shape index (κ3) is 4.43. The molecule has 1 saturated heterocycles. The molecular formula is C16H26ClN3O. The molecule has 0 spiro atoms. The second-order valence-electron chi connectivity index (χ2n) is 5.91. The average molecular weight is 312 g/mol. The highest BCUT2D eigenvalue weighted by Gasteiger charge is 2.29. The summed E-state index contributed by atoms with van der Waals surface area (Å²) in [4.78, 5) is 14.4. The third-order valence-electron chi connectivity index (χ3n) is 4.35. The number of hydrogen-bond donors (Lipinski definition) is 2. The van der Waals surface area contributed by atoms with Crippen LogP contribution in [-0.4, -0.2) is 36.5 Å². The van der Waals surface area contributed by atoms with E-state index < -0.39 is 0 Å². The lowest BCUT2D eigenvalue weighted by atomic mass is 10.1. The van der Waals surface area contributed by atoms with Crippen molar-refractivity contribution in [3.63, 3.8) is 0 Å². The van der Waals surface area contributed by atoms with Gasteiger partial charge in [0.2, 0.25) is 5.91 Å². The number of nitrogens with zero attached hydrogens (tertiary/aromatic N) is 1. The van der Waals surface area contributed by atoms with Crippen molar-refractivity contribution in [3.8, 4) is 0 Å². The molecule has 0 aliphatic carbocycles. The number of amides is 1. The molecule has 1 heterocycles. The molecule has 2 atom stereocenters. The summed E-state index contributed by atoms with van der Waals surface area (Å²) in [5.74, 6) is 0.585. The van der Waals surface area contributed by atoms with Crippen molar-refractivity contribution in [3.05, 3.63) is 29.3 Å². The molecule has 2 rings (SSSR count). The Morgan fingerprint density at radius 3 is 2.76 bits per heavy atom. The molecule has 1 aliphatic rings. The van der Waals surface area contributed by atoms with Crippen molar-refractivity contribution in [2.24, 2.45) is 11.7 Å². The fourth-order valence-corrected chi connectivity index (χ4v) is 2.87. The third-order valence-corrected chi connectivity index (χ3v) is 4.35. The first kappa shape index (κ1) is 18.0. The van der Waals surface area contributed by atoms with Gasteiger partial charge in [0.1, 0.15) is 0 Å². The lowest BCUT2D eigenvalue weighted by Gasteiger charge is -2.20. The van der Waals surface area contributed by atoms with E-state index in [0.29, 0.717) is 25.0 Å². The van der Waals surface area contributed by atoms with Crippen LogP contribution in [0.15, 0.2) is 18.2 Å². The SMILES string of the molecule is Cc1cccc(NC(=O)CN2CC(CN)CC2C)c1C.Cl. The Kier molecular flexibility index (Phi) is 6.65. The summed E-state index contributed by atoms with van der Waals surface area (Å²) in [6.45, 7) is 8.34. The van der Waals surface area contributed by atoms with Crippen molar-refractivity contribution in [1.29, 1.82) is 0 Å². The largest absolute Gasteiger partial charge is 0.330 e. The topological polar surface area (TPSA) is 58.4 Å². The zero-order valence-electron chi connectivity index (χ0n) is 13.1. The van der Waals surface area contributed by atoms with E-state index >= 15 is 0 Å². The van der Waals surface area contributed by atoms with Gasteiger partial charge < -0.3 is 11.1 Å². The van der Waals surface area contributed by atoms with Gasteiger partial charge >= 0.3 is 0 Å². The number of carbonyl (C=O) groups excluding carboxylic acids is 1. The number of hydrogen-bond acceptors (Lipinski definition) is 3.